The van der Waals surface area contributed by atoms with Crippen molar-refractivity contribution in [2.24, 2.45) is 5.41 Å². The van der Waals surface area contributed by atoms with Crippen molar-refractivity contribution in [3.05, 3.63) is 59.7 Å². The standard InChI is InChI=1S/C29H30F4N8/c1-39-8-6-29(7-9-39)15-40(16-29)14-17-2-4-23(34-12-17)36-28-35-13-20(31)25(38-28)18-10-19(30)26-22(11-18)41-21(27(32)33)3-5-24(41)37-26/h2,4,10-13,21,27H,3,5-9,14-16H2,1H3,(H,34,35,36,38)/t21-/m0/s1. The van der Waals surface area contributed by atoms with Crippen LogP contribution in [0, 0.1) is 17.0 Å². The highest BCUT2D eigenvalue weighted by molar-refractivity contribution is 5.83. The second-order valence-corrected chi connectivity index (χ2v) is 11.7. The van der Waals surface area contributed by atoms with E-state index in [0.29, 0.717) is 23.5 Å². The molecule has 7 rings (SSSR count). The summed E-state index contributed by atoms with van der Waals surface area (Å²) >= 11 is 0. The van der Waals surface area contributed by atoms with Gasteiger partial charge in [-0.1, -0.05) is 6.07 Å². The minimum absolute atomic E-state index is 0.00839. The van der Waals surface area contributed by atoms with Crippen LogP contribution >= 0.6 is 0 Å². The molecule has 41 heavy (non-hydrogen) atoms. The third kappa shape index (κ3) is 4.82. The number of likely N-dealkylation sites (tertiary alicyclic amines) is 2. The van der Waals surface area contributed by atoms with Gasteiger partial charge in [0.05, 0.1) is 17.8 Å². The molecule has 1 atom stereocenters. The zero-order chi connectivity index (χ0) is 28.3. The van der Waals surface area contributed by atoms with Crippen molar-refractivity contribution in [1.82, 2.24) is 34.3 Å². The summed E-state index contributed by atoms with van der Waals surface area (Å²) in [7, 11) is 2.18. The van der Waals surface area contributed by atoms with Crippen LogP contribution < -0.4 is 5.32 Å². The molecular formula is C29H30F4N8. The first kappa shape index (κ1) is 26.3. The third-order valence-electron chi connectivity index (χ3n) is 8.76. The largest absolute Gasteiger partial charge is 0.319 e. The summed E-state index contributed by atoms with van der Waals surface area (Å²) < 4.78 is 58.5. The molecule has 0 saturated carbocycles. The van der Waals surface area contributed by atoms with Crippen LogP contribution in [0.2, 0.25) is 0 Å². The average Bonchev–Trinajstić information content (AvgIpc) is 3.52. The number of piperidine rings is 1. The summed E-state index contributed by atoms with van der Waals surface area (Å²) in [5.41, 5.74) is 1.72. The van der Waals surface area contributed by atoms with E-state index in [9.17, 15) is 13.2 Å². The fourth-order valence-corrected chi connectivity index (χ4v) is 6.55. The van der Waals surface area contributed by atoms with Crippen molar-refractivity contribution < 1.29 is 17.6 Å². The molecule has 0 radical (unpaired) electrons. The first-order valence-corrected chi connectivity index (χ1v) is 13.9. The van der Waals surface area contributed by atoms with Gasteiger partial charge in [0.2, 0.25) is 5.95 Å². The van der Waals surface area contributed by atoms with E-state index in [-0.39, 0.29) is 34.7 Å². The van der Waals surface area contributed by atoms with E-state index in [0.717, 1.165) is 50.6 Å². The van der Waals surface area contributed by atoms with E-state index in [1.165, 1.54) is 23.5 Å². The molecule has 3 aliphatic rings. The Morgan fingerprint density at radius 1 is 1.02 bits per heavy atom. The van der Waals surface area contributed by atoms with E-state index in [1.54, 1.807) is 6.20 Å². The summed E-state index contributed by atoms with van der Waals surface area (Å²) in [5, 5.41) is 2.98. The maximum atomic E-state index is 15.0. The van der Waals surface area contributed by atoms with Gasteiger partial charge in [-0.25, -0.2) is 37.5 Å². The molecule has 0 unspecified atom stereocenters. The van der Waals surface area contributed by atoms with Crippen LogP contribution in [0.1, 0.15) is 36.7 Å². The summed E-state index contributed by atoms with van der Waals surface area (Å²) in [6.07, 6.45) is 3.23. The van der Waals surface area contributed by atoms with Gasteiger partial charge >= 0.3 is 0 Å². The molecule has 4 aromatic rings. The first-order chi connectivity index (χ1) is 19.8. The van der Waals surface area contributed by atoms with Crippen LogP contribution in [-0.4, -0.2) is 74.0 Å². The number of nitrogens with zero attached hydrogens (tertiary/aromatic N) is 7. The number of rotatable bonds is 6. The summed E-state index contributed by atoms with van der Waals surface area (Å²) in [4.78, 5) is 21.8. The number of hydrogen-bond acceptors (Lipinski definition) is 7. The maximum Gasteiger partial charge on any atom is 0.259 e. The van der Waals surface area contributed by atoms with Crippen LogP contribution in [0.25, 0.3) is 22.3 Å². The van der Waals surface area contributed by atoms with Crippen LogP contribution in [0.3, 0.4) is 0 Å². The zero-order valence-corrected chi connectivity index (χ0v) is 22.6. The molecule has 1 aromatic carbocycles. The van der Waals surface area contributed by atoms with Crippen molar-refractivity contribution in [2.75, 3.05) is 38.5 Å². The Hall–Kier alpha value is -3.64. The summed E-state index contributed by atoms with van der Waals surface area (Å²) in [6, 6.07) is 5.29. The maximum absolute atomic E-state index is 15.0. The topological polar surface area (TPSA) is 75.0 Å². The van der Waals surface area contributed by atoms with Gasteiger partial charge in [-0.3, -0.25) is 4.90 Å². The van der Waals surface area contributed by atoms with Gasteiger partial charge in [0.25, 0.3) is 6.43 Å². The highest BCUT2D eigenvalue weighted by atomic mass is 19.3. The monoisotopic (exact) mass is 566 g/mol. The third-order valence-corrected chi connectivity index (χ3v) is 8.76. The Balaban J connectivity index is 1.07. The van der Waals surface area contributed by atoms with Crippen molar-refractivity contribution in [1.29, 1.82) is 0 Å². The molecule has 8 nitrogen and oxygen atoms in total. The van der Waals surface area contributed by atoms with Crippen molar-refractivity contribution >= 4 is 22.8 Å². The lowest BCUT2D eigenvalue weighted by Crippen LogP contribution is -2.59. The van der Waals surface area contributed by atoms with Gasteiger partial charge in [0, 0.05) is 37.8 Å². The fraction of sp³-hybridized carbons (Fsp3) is 0.448. The number of benzene rings is 1. The Morgan fingerprint density at radius 3 is 2.56 bits per heavy atom. The number of hydrogen-bond donors (Lipinski definition) is 1. The SMILES string of the molecule is CN1CCC2(CC1)CN(Cc1ccc(Nc3ncc(F)c(-c4cc(F)c5nc6n(c5c4)[C@H](C(F)F)CC6)n3)nc1)C2. The zero-order valence-electron chi connectivity index (χ0n) is 22.6. The number of anilines is 2. The van der Waals surface area contributed by atoms with E-state index >= 15 is 4.39 Å². The lowest BCUT2D eigenvalue weighted by atomic mass is 9.72. The number of aryl methyl sites for hydroxylation is 1. The molecule has 1 spiro atoms. The van der Waals surface area contributed by atoms with E-state index in [2.05, 4.69) is 42.1 Å². The van der Waals surface area contributed by atoms with E-state index in [1.807, 2.05) is 12.1 Å². The van der Waals surface area contributed by atoms with Gasteiger partial charge < -0.3 is 14.8 Å². The Kier molecular flexibility index (Phi) is 6.42. The number of alkyl halides is 2. The van der Waals surface area contributed by atoms with Crippen molar-refractivity contribution in [3.63, 3.8) is 0 Å². The molecule has 2 saturated heterocycles. The average molecular weight is 567 g/mol. The van der Waals surface area contributed by atoms with Gasteiger partial charge in [0.15, 0.2) is 11.6 Å². The predicted octanol–water partition coefficient (Wildman–Crippen LogP) is 5.19. The number of aromatic nitrogens is 5. The minimum Gasteiger partial charge on any atom is -0.319 e. The second-order valence-electron chi connectivity index (χ2n) is 11.7. The molecule has 214 valence electrons. The Bertz CT molecular complexity index is 1590. The molecule has 0 aliphatic carbocycles. The molecule has 6 heterocycles. The number of pyridine rings is 1. The summed E-state index contributed by atoms with van der Waals surface area (Å²) in [6.45, 7) is 5.39. The first-order valence-electron chi connectivity index (χ1n) is 13.9. The van der Waals surface area contributed by atoms with Crippen LogP contribution in [0.5, 0.6) is 0 Å². The highest BCUT2D eigenvalue weighted by Crippen LogP contribution is 2.41. The molecule has 0 amide bonds. The number of imidazole rings is 1. The van der Waals surface area contributed by atoms with Crippen molar-refractivity contribution in [2.45, 2.75) is 44.7 Å². The molecule has 3 aromatic heterocycles. The molecular weight excluding hydrogens is 536 g/mol. The van der Waals surface area contributed by atoms with Gasteiger partial charge in [-0.05, 0) is 68.6 Å². The second kappa shape index (κ2) is 10.0. The smallest absolute Gasteiger partial charge is 0.259 e. The predicted molar refractivity (Wildman–Crippen MR) is 146 cm³/mol. The van der Waals surface area contributed by atoms with Crippen LogP contribution in [0.4, 0.5) is 29.3 Å². The van der Waals surface area contributed by atoms with E-state index in [4.69, 9.17) is 0 Å². The Morgan fingerprint density at radius 2 is 1.83 bits per heavy atom. The van der Waals surface area contributed by atoms with Gasteiger partial charge in [0.1, 0.15) is 22.9 Å². The van der Waals surface area contributed by atoms with Gasteiger partial charge in [-0.2, -0.15) is 0 Å². The number of nitrogens with one attached hydrogen (secondary N) is 1. The van der Waals surface area contributed by atoms with Gasteiger partial charge in [-0.15, -0.1) is 0 Å². The quantitative estimate of drug-likeness (QED) is 0.322. The minimum atomic E-state index is -2.62. The Labute approximate surface area is 234 Å². The lowest BCUT2D eigenvalue weighted by molar-refractivity contribution is -0.0471. The molecule has 2 fully saturated rings. The van der Waals surface area contributed by atoms with E-state index < -0.39 is 24.1 Å². The number of fused-ring (bicyclic) bond motifs is 3. The molecule has 1 N–H and O–H groups in total. The molecule has 0 bridgehead atoms. The normalized spacial score (nSPS) is 20.6. The fourth-order valence-electron chi connectivity index (χ4n) is 6.55. The highest BCUT2D eigenvalue weighted by Gasteiger charge is 2.44. The van der Waals surface area contributed by atoms with Crippen LogP contribution in [-0.2, 0) is 13.0 Å². The van der Waals surface area contributed by atoms with Crippen LogP contribution in [0.15, 0.2) is 36.7 Å². The molecule has 12 heteroatoms. The van der Waals surface area contributed by atoms with Crippen molar-refractivity contribution in [3.8, 4) is 11.3 Å². The summed E-state index contributed by atoms with van der Waals surface area (Å²) in [5.74, 6) is -0.520. The lowest BCUT2D eigenvalue weighted by Gasteiger charge is -2.54. The number of halogens is 4. The molecule has 3 aliphatic heterocycles.